The summed E-state index contributed by atoms with van der Waals surface area (Å²) in [6.07, 6.45) is 1.80. The van der Waals surface area contributed by atoms with Gasteiger partial charge in [0.15, 0.2) is 0 Å². The number of nitrogens with zero attached hydrogens (tertiary/aromatic N) is 2. The molecule has 2 aliphatic rings. The zero-order chi connectivity index (χ0) is 16.8. The minimum absolute atomic E-state index is 0.150. The third kappa shape index (κ3) is 2.62. The number of imide groups is 1. The van der Waals surface area contributed by atoms with E-state index in [1.807, 2.05) is 0 Å². The molecule has 0 radical (unpaired) electrons. The Morgan fingerprint density at radius 1 is 1.17 bits per heavy atom. The smallest absolute Gasteiger partial charge is 0.328 e. The molecule has 0 N–H and O–H groups in total. The number of carbonyl (C=O) groups excluding carboxylic acids is 3. The predicted molar refractivity (Wildman–Crippen MR) is 77.6 cm³/mol. The molecule has 1 aromatic rings. The third-order valence-corrected chi connectivity index (χ3v) is 5.13. The van der Waals surface area contributed by atoms with Crippen LogP contribution in [0.4, 0.5) is 0 Å². The number of carbonyl (C=O) groups is 3. The van der Waals surface area contributed by atoms with Gasteiger partial charge >= 0.3 is 5.97 Å². The molecule has 1 saturated heterocycles. The molecule has 122 valence electrons. The molecule has 0 spiro atoms. The van der Waals surface area contributed by atoms with Crippen LogP contribution < -0.4 is 0 Å². The summed E-state index contributed by atoms with van der Waals surface area (Å²) in [7, 11) is -3.57. The van der Waals surface area contributed by atoms with E-state index in [-0.39, 0.29) is 24.1 Å². The third-order valence-electron chi connectivity index (χ3n) is 3.84. The van der Waals surface area contributed by atoms with E-state index in [9.17, 15) is 22.8 Å². The van der Waals surface area contributed by atoms with Crippen molar-refractivity contribution in [1.82, 2.24) is 9.37 Å². The number of benzene rings is 1. The number of amides is 2. The number of rotatable bonds is 3. The minimum atomic E-state index is -3.57. The molecule has 23 heavy (non-hydrogen) atoms. The van der Waals surface area contributed by atoms with Gasteiger partial charge in [0.25, 0.3) is 11.8 Å². The lowest BCUT2D eigenvalue weighted by Crippen LogP contribution is -2.44. The van der Waals surface area contributed by atoms with Crippen molar-refractivity contribution in [2.75, 3.05) is 12.8 Å². The number of hydrogen-bond donors (Lipinski definition) is 0. The average molecular weight is 338 g/mol. The Hall–Kier alpha value is -2.26. The van der Waals surface area contributed by atoms with Crippen LogP contribution in [-0.2, 0) is 19.7 Å². The van der Waals surface area contributed by atoms with Gasteiger partial charge in [-0.05, 0) is 25.0 Å². The van der Waals surface area contributed by atoms with Gasteiger partial charge in [0.05, 0.1) is 17.4 Å². The summed E-state index contributed by atoms with van der Waals surface area (Å²) >= 11 is 0. The van der Waals surface area contributed by atoms with Gasteiger partial charge in [0.2, 0.25) is 10.0 Å². The molecule has 1 unspecified atom stereocenters. The fourth-order valence-electron chi connectivity index (χ4n) is 2.77. The summed E-state index contributed by atoms with van der Waals surface area (Å²) in [4.78, 5) is 41.4. The van der Waals surface area contributed by atoms with Crippen LogP contribution in [0, 0.1) is 0 Å². The van der Waals surface area contributed by atoms with E-state index in [0.717, 1.165) is 10.6 Å². The minimum Gasteiger partial charge on any atom is -0.328 e. The summed E-state index contributed by atoms with van der Waals surface area (Å²) in [6.45, 7) is 0.209. The van der Waals surface area contributed by atoms with E-state index in [2.05, 4.69) is 0 Å². The van der Waals surface area contributed by atoms with Crippen LogP contribution in [0.1, 0.15) is 33.6 Å². The number of hydroxylamine groups is 2. The average Bonchev–Trinajstić information content (AvgIpc) is 3.08. The lowest BCUT2D eigenvalue weighted by Gasteiger charge is -2.22. The highest BCUT2D eigenvalue weighted by molar-refractivity contribution is 7.88. The van der Waals surface area contributed by atoms with Crippen LogP contribution in [-0.4, -0.2) is 54.4 Å². The van der Waals surface area contributed by atoms with E-state index in [4.69, 9.17) is 4.84 Å². The first-order chi connectivity index (χ1) is 10.8. The van der Waals surface area contributed by atoms with Crippen molar-refractivity contribution in [2.45, 2.75) is 18.9 Å². The molecule has 2 amide bonds. The fraction of sp³-hybridized carbons (Fsp3) is 0.357. The van der Waals surface area contributed by atoms with Crippen molar-refractivity contribution < 1.29 is 27.6 Å². The fourth-order valence-corrected chi connectivity index (χ4v) is 3.89. The van der Waals surface area contributed by atoms with Crippen LogP contribution in [0.25, 0.3) is 0 Å². The van der Waals surface area contributed by atoms with Crippen LogP contribution in [0.3, 0.4) is 0 Å². The molecule has 3 rings (SSSR count). The SMILES string of the molecule is CS(=O)(=O)N1CCCC1C(=O)ON1C(=O)c2ccccc2C1=O. The Bertz CT molecular complexity index is 768. The van der Waals surface area contributed by atoms with Crippen LogP contribution >= 0.6 is 0 Å². The molecule has 1 atom stereocenters. The maximum Gasteiger partial charge on any atom is 0.351 e. The molecular weight excluding hydrogens is 324 g/mol. The number of hydrogen-bond acceptors (Lipinski definition) is 6. The summed E-state index contributed by atoms with van der Waals surface area (Å²) in [5.74, 6) is -2.40. The second kappa shape index (κ2) is 5.43. The van der Waals surface area contributed by atoms with Crippen molar-refractivity contribution in [3.05, 3.63) is 35.4 Å². The highest BCUT2D eigenvalue weighted by Gasteiger charge is 2.43. The molecule has 1 fully saturated rings. The quantitative estimate of drug-likeness (QED) is 0.728. The molecule has 8 nitrogen and oxygen atoms in total. The first kappa shape index (κ1) is 15.6. The van der Waals surface area contributed by atoms with Gasteiger partial charge < -0.3 is 4.84 Å². The molecule has 9 heteroatoms. The Balaban J connectivity index is 1.80. The second-order valence-electron chi connectivity index (χ2n) is 5.39. The van der Waals surface area contributed by atoms with Crippen LogP contribution in [0.15, 0.2) is 24.3 Å². The van der Waals surface area contributed by atoms with Crippen molar-refractivity contribution in [3.63, 3.8) is 0 Å². The highest BCUT2D eigenvalue weighted by Crippen LogP contribution is 2.26. The van der Waals surface area contributed by atoms with Gasteiger partial charge in [-0.2, -0.15) is 4.31 Å². The van der Waals surface area contributed by atoms with E-state index in [0.29, 0.717) is 11.5 Å². The van der Waals surface area contributed by atoms with Gasteiger partial charge in [-0.3, -0.25) is 9.59 Å². The van der Waals surface area contributed by atoms with E-state index in [1.165, 1.54) is 12.1 Å². The molecular formula is C14H14N2O6S. The summed E-state index contributed by atoms with van der Waals surface area (Å²) in [5.41, 5.74) is 0.299. The largest absolute Gasteiger partial charge is 0.351 e. The van der Waals surface area contributed by atoms with E-state index in [1.54, 1.807) is 12.1 Å². The Labute approximate surface area is 132 Å². The first-order valence-electron chi connectivity index (χ1n) is 6.97. The molecule has 0 aromatic heterocycles. The lowest BCUT2D eigenvalue weighted by molar-refractivity contribution is -0.172. The molecule has 0 saturated carbocycles. The first-order valence-corrected chi connectivity index (χ1v) is 8.82. The maximum atomic E-state index is 12.2. The maximum absolute atomic E-state index is 12.2. The Morgan fingerprint density at radius 2 is 1.74 bits per heavy atom. The van der Waals surface area contributed by atoms with Crippen molar-refractivity contribution in [2.24, 2.45) is 0 Å². The van der Waals surface area contributed by atoms with Crippen LogP contribution in [0.5, 0.6) is 0 Å². The van der Waals surface area contributed by atoms with Gasteiger partial charge in [-0.1, -0.05) is 17.2 Å². The summed E-state index contributed by atoms with van der Waals surface area (Å²) in [5, 5.41) is 0.395. The standard InChI is InChI=1S/C14H14N2O6S/c1-23(20,21)15-8-4-7-11(15)14(19)22-16-12(17)9-5-2-3-6-10(9)13(16)18/h2-3,5-6,11H,4,7-8H2,1H3. The summed E-state index contributed by atoms with van der Waals surface area (Å²) < 4.78 is 24.3. The topological polar surface area (TPSA) is 101 Å². The zero-order valence-corrected chi connectivity index (χ0v) is 13.1. The molecule has 2 aliphatic heterocycles. The van der Waals surface area contributed by atoms with Crippen molar-refractivity contribution in [3.8, 4) is 0 Å². The highest BCUT2D eigenvalue weighted by atomic mass is 32.2. The van der Waals surface area contributed by atoms with E-state index < -0.39 is 33.8 Å². The molecule has 1 aromatic carbocycles. The van der Waals surface area contributed by atoms with Gasteiger partial charge in [0.1, 0.15) is 6.04 Å². The monoisotopic (exact) mass is 338 g/mol. The number of sulfonamides is 1. The van der Waals surface area contributed by atoms with Crippen LogP contribution in [0.2, 0.25) is 0 Å². The van der Waals surface area contributed by atoms with Gasteiger partial charge in [0, 0.05) is 6.54 Å². The zero-order valence-electron chi connectivity index (χ0n) is 12.3. The Morgan fingerprint density at radius 3 is 2.26 bits per heavy atom. The second-order valence-corrected chi connectivity index (χ2v) is 7.33. The molecule has 2 heterocycles. The lowest BCUT2D eigenvalue weighted by atomic mass is 10.1. The normalized spacial score (nSPS) is 21.6. The van der Waals surface area contributed by atoms with Crippen molar-refractivity contribution >= 4 is 27.8 Å². The summed E-state index contributed by atoms with van der Waals surface area (Å²) in [6, 6.07) is 5.09. The molecule has 0 bridgehead atoms. The van der Waals surface area contributed by atoms with Crippen molar-refractivity contribution in [1.29, 1.82) is 0 Å². The van der Waals surface area contributed by atoms with Gasteiger partial charge in [-0.25, -0.2) is 13.2 Å². The molecule has 0 aliphatic carbocycles. The predicted octanol–water partition coefficient (Wildman–Crippen LogP) is 0.165. The van der Waals surface area contributed by atoms with Gasteiger partial charge in [-0.15, -0.1) is 0 Å². The number of fused-ring (bicyclic) bond motifs is 1. The Kier molecular flexibility index (Phi) is 3.69. The van der Waals surface area contributed by atoms with E-state index >= 15 is 0 Å².